The minimum absolute atomic E-state index is 0.0542. The molecule has 114 valence electrons. The lowest BCUT2D eigenvalue weighted by Crippen LogP contribution is -2.35. The van der Waals surface area contributed by atoms with E-state index in [-0.39, 0.29) is 17.9 Å². The van der Waals surface area contributed by atoms with Crippen molar-refractivity contribution in [1.29, 1.82) is 0 Å². The quantitative estimate of drug-likeness (QED) is 0.910. The molecule has 0 bridgehead atoms. The van der Waals surface area contributed by atoms with Gasteiger partial charge < -0.3 is 10.6 Å². The molecule has 2 aromatic carbocycles. The van der Waals surface area contributed by atoms with Crippen molar-refractivity contribution in [3.8, 4) is 0 Å². The summed E-state index contributed by atoms with van der Waals surface area (Å²) in [5.41, 5.74) is 2.11. The Kier molecular flexibility index (Phi) is 4.76. The van der Waals surface area contributed by atoms with Crippen LogP contribution >= 0.6 is 11.6 Å². The zero-order valence-electron chi connectivity index (χ0n) is 12.3. The number of nitrogens with one attached hydrogen (secondary N) is 2. The van der Waals surface area contributed by atoms with Gasteiger partial charge in [-0.05, 0) is 36.2 Å². The highest BCUT2D eigenvalue weighted by Gasteiger charge is 2.25. The third kappa shape index (κ3) is 3.49. The van der Waals surface area contributed by atoms with Crippen LogP contribution in [0.1, 0.15) is 23.6 Å². The Bertz CT molecular complexity index is 621. The van der Waals surface area contributed by atoms with Crippen LogP contribution in [-0.4, -0.2) is 19.0 Å². The molecule has 3 nitrogen and oxygen atoms in total. The lowest BCUT2D eigenvalue weighted by molar-refractivity contribution is -0.124. The van der Waals surface area contributed by atoms with Gasteiger partial charge in [0.15, 0.2) is 0 Å². The van der Waals surface area contributed by atoms with Gasteiger partial charge in [-0.2, -0.15) is 0 Å². The van der Waals surface area contributed by atoms with Crippen molar-refractivity contribution in [2.75, 3.05) is 13.1 Å². The monoisotopic (exact) mass is 314 g/mol. The Labute approximate surface area is 135 Å². The summed E-state index contributed by atoms with van der Waals surface area (Å²) in [5, 5.41) is 7.12. The third-order valence-corrected chi connectivity index (χ3v) is 4.31. The first-order valence-corrected chi connectivity index (χ1v) is 7.93. The molecule has 4 heteroatoms. The average molecular weight is 315 g/mol. The summed E-state index contributed by atoms with van der Waals surface area (Å²) in [6.07, 6.45) is 0.897. The zero-order chi connectivity index (χ0) is 15.4. The van der Waals surface area contributed by atoms with Crippen LogP contribution < -0.4 is 10.6 Å². The van der Waals surface area contributed by atoms with Gasteiger partial charge in [-0.15, -0.1) is 0 Å². The fraction of sp³-hybridized carbons (Fsp3) is 0.278. The molecular formula is C18H19ClN2O. The number of hydrogen-bond acceptors (Lipinski definition) is 2. The Morgan fingerprint density at radius 2 is 1.77 bits per heavy atom. The molecule has 2 unspecified atom stereocenters. The van der Waals surface area contributed by atoms with Crippen molar-refractivity contribution in [3.05, 3.63) is 70.7 Å². The van der Waals surface area contributed by atoms with Crippen LogP contribution in [0, 0.1) is 5.92 Å². The molecule has 2 atom stereocenters. The molecule has 3 rings (SSSR count). The molecular weight excluding hydrogens is 296 g/mol. The summed E-state index contributed by atoms with van der Waals surface area (Å²) in [4.78, 5) is 12.5. The Morgan fingerprint density at radius 1 is 1.09 bits per heavy atom. The van der Waals surface area contributed by atoms with Crippen molar-refractivity contribution < 1.29 is 4.79 Å². The highest BCUT2D eigenvalue weighted by Crippen LogP contribution is 2.24. The second kappa shape index (κ2) is 6.95. The van der Waals surface area contributed by atoms with Gasteiger partial charge in [-0.25, -0.2) is 0 Å². The number of hydrogen-bond donors (Lipinski definition) is 2. The van der Waals surface area contributed by atoms with E-state index >= 15 is 0 Å². The summed E-state index contributed by atoms with van der Waals surface area (Å²) < 4.78 is 0. The Hall–Kier alpha value is -1.84. The number of amides is 1. The molecule has 1 saturated heterocycles. The van der Waals surface area contributed by atoms with Gasteiger partial charge in [0.1, 0.15) is 0 Å². The van der Waals surface area contributed by atoms with E-state index in [9.17, 15) is 4.79 Å². The van der Waals surface area contributed by atoms with Gasteiger partial charge in [0.25, 0.3) is 0 Å². The highest BCUT2D eigenvalue weighted by atomic mass is 35.5. The molecule has 1 aliphatic heterocycles. The summed E-state index contributed by atoms with van der Waals surface area (Å²) >= 11 is 5.98. The van der Waals surface area contributed by atoms with Crippen molar-refractivity contribution in [2.24, 2.45) is 5.92 Å². The normalized spacial score (nSPS) is 18.9. The third-order valence-electron chi connectivity index (χ3n) is 4.05. The van der Waals surface area contributed by atoms with E-state index < -0.39 is 0 Å². The first kappa shape index (κ1) is 15.1. The van der Waals surface area contributed by atoms with Crippen molar-refractivity contribution in [2.45, 2.75) is 12.5 Å². The van der Waals surface area contributed by atoms with Crippen molar-refractivity contribution in [3.63, 3.8) is 0 Å². The molecule has 2 N–H and O–H groups in total. The van der Waals surface area contributed by atoms with E-state index in [1.54, 1.807) is 0 Å². The number of rotatable bonds is 4. The first-order valence-electron chi connectivity index (χ1n) is 7.55. The number of carbonyl (C=O) groups excluding carboxylic acids is 1. The molecule has 1 aliphatic rings. The summed E-state index contributed by atoms with van der Waals surface area (Å²) in [6.45, 7) is 1.67. The van der Waals surface area contributed by atoms with Gasteiger partial charge in [0.05, 0.1) is 12.0 Å². The van der Waals surface area contributed by atoms with Gasteiger partial charge >= 0.3 is 0 Å². The van der Waals surface area contributed by atoms with Crippen LogP contribution in [0.25, 0.3) is 0 Å². The van der Waals surface area contributed by atoms with Crippen molar-refractivity contribution in [1.82, 2.24) is 10.6 Å². The van der Waals surface area contributed by atoms with E-state index in [0.717, 1.165) is 30.6 Å². The molecule has 0 radical (unpaired) electrons. The largest absolute Gasteiger partial charge is 0.345 e. The van der Waals surface area contributed by atoms with Crippen LogP contribution in [0.2, 0.25) is 5.02 Å². The van der Waals surface area contributed by atoms with Gasteiger partial charge in [-0.3, -0.25) is 4.79 Å². The standard InChI is InChI=1S/C18H19ClN2O/c19-16-8-6-14(7-9-16)17(13-4-2-1-3-5-13)21-18(22)15-10-11-20-12-15/h1-9,15,17,20H,10-12H2,(H,21,22). The fourth-order valence-electron chi connectivity index (χ4n) is 2.80. The predicted molar refractivity (Wildman–Crippen MR) is 88.9 cm³/mol. The fourth-order valence-corrected chi connectivity index (χ4v) is 2.92. The van der Waals surface area contributed by atoms with Gasteiger partial charge in [-0.1, -0.05) is 54.1 Å². The van der Waals surface area contributed by atoms with Crippen molar-refractivity contribution >= 4 is 17.5 Å². The van der Waals surface area contributed by atoms with E-state index in [1.807, 2.05) is 54.6 Å². The van der Waals surface area contributed by atoms with Gasteiger partial charge in [0, 0.05) is 11.6 Å². The number of carbonyl (C=O) groups is 1. The lowest BCUT2D eigenvalue weighted by atomic mass is 9.97. The summed E-state index contributed by atoms with van der Waals surface area (Å²) in [6, 6.07) is 17.5. The van der Waals surface area contributed by atoms with E-state index in [4.69, 9.17) is 11.6 Å². The minimum Gasteiger partial charge on any atom is -0.345 e. The van der Waals surface area contributed by atoms with Crippen LogP contribution in [-0.2, 0) is 4.79 Å². The molecule has 2 aromatic rings. The van der Waals surface area contributed by atoms with E-state index in [0.29, 0.717) is 5.02 Å². The summed E-state index contributed by atoms with van der Waals surface area (Å²) in [7, 11) is 0. The van der Waals surface area contributed by atoms with Crippen LogP contribution in [0.5, 0.6) is 0 Å². The Balaban J connectivity index is 1.86. The minimum atomic E-state index is -0.147. The molecule has 0 spiro atoms. The number of halogens is 1. The van der Waals surface area contributed by atoms with Crippen LogP contribution in [0.4, 0.5) is 0 Å². The first-order chi connectivity index (χ1) is 10.7. The SMILES string of the molecule is O=C(NC(c1ccccc1)c1ccc(Cl)cc1)C1CCNC1. The maximum absolute atomic E-state index is 12.5. The second-order valence-corrected chi connectivity index (χ2v) is 6.03. The summed E-state index contributed by atoms with van der Waals surface area (Å²) in [5.74, 6) is 0.160. The number of benzene rings is 2. The molecule has 0 aromatic heterocycles. The molecule has 22 heavy (non-hydrogen) atoms. The van der Waals surface area contributed by atoms with Crippen LogP contribution in [0.3, 0.4) is 0 Å². The maximum atomic E-state index is 12.5. The lowest BCUT2D eigenvalue weighted by Gasteiger charge is -2.22. The van der Waals surface area contributed by atoms with Crippen LogP contribution in [0.15, 0.2) is 54.6 Å². The molecule has 1 amide bonds. The molecule has 0 saturated carbocycles. The average Bonchev–Trinajstić information content (AvgIpc) is 3.09. The van der Waals surface area contributed by atoms with Gasteiger partial charge in [0.2, 0.25) is 5.91 Å². The molecule has 0 aliphatic carbocycles. The smallest absolute Gasteiger partial charge is 0.225 e. The maximum Gasteiger partial charge on any atom is 0.225 e. The topological polar surface area (TPSA) is 41.1 Å². The predicted octanol–water partition coefficient (Wildman–Crippen LogP) is 3.16. The molecule has 1 fully saturated rings. The van der Waals surface area contributed by atoms with E-state index in [2.05, 4.69) is 10.6 Å². The molecule has 1 heterocycles. The van der Waals surface area contributed by atoms with E-state index in [1.165, 1.54) is 0 Å². The second-order valence-electron chi connectivity index (χ2n) is 5.59. The highest BCUT2D eigenvalue weighted by molar-refractivity contribution is 6.30. The zero-order valence-corrected chi connectivity index (χ0v) is 13.0. The Morgan fingerprint density at radius 3 is 2.41 bits per heavy atom.